The zero-order valence-electron chi connectivity index (χ0n) is 22.3. The van der Waals surface area contributed by atoms with E-state index in [1.165, 1.54) is 18.6 Å². The van der Waals surface area contributed by atoms with Crippen molar-refractivity contribution in [2.45, 2.75) is 25.9 Å². The van der Waals surface area contributed by atoms with Gasteiger partial charge in [0.1, 0.15) is 12.4 Å². The van der Waals surface area contributed by atoms with Gasteiger partial charge < -0.3 is 19.7 Å². The van der Waals surface area contributed by atoms with E-state index in [9.17, 15) is 4.39 Å². The molecule has 5 rings (SSSR count). The maximum absolute atomic E-state index is 13.4. The number of hydrogen-bond acceptors (Lipinski definition) is 9. The third kappa shape index (κ3) is 7.53. The number of benzene rings is 3. The topological polar surface area (TPSA) is 96.8 Å². The normalized spacial score (nSPS) is 13.3. The van der Waals surface area contributed by atoms with Gasteiger partial charge in [-0.15, -0.1) is 0 Å². The van der Waals surface area contributed by atoms with E-state index in [2.05, 4.69) is 35.7 Å². The first-order chi connectivity index (χ1) is 20.0. The lowest BCUT2D eigenvalue weighted by molar-refractivity contribution is 0.284. The maximum Gasteiger partial charge on any atom is 0.250 e. The fourth-order valence-electron chi connectivity index (χ4n) is 4.27. The van der Waals surface area contributed by atoms with Crippen LogP contribution in [-0.4, -0.2) is 41.4 Å². The fraction of sp³-hybridized carbons (Fsp3) is 0.241. The summed E-state index contributed by atoms with van der Waals surface area (Å²) in [6.07, 6.45) is 4.89. The molecule has 0 bridgehead atoms. The smallest absolute Gasteiger partial charge is 0.250 e. The molecular weight excluding hydrogens is 568 g/mol. The molecule has 1 aliphatic rings. The molecule has 0 saturated carbocycles. The first kappa shape index (κ1) is 28.4. The van der Waals surface area contributed by atoms with E-state index in [0.717, 1.165) is 31.5 Å². The summed E-state index contributed by atoms with van der Waals surface area (Å²) >= 11 is 12.3. The van der Waals surface area contributed by atoms with Crippen LogP contribution in [0.1, 0.15) is 30.4 Å². The molecule has 212 valence electrons. The molecule has 1 aliphatic heterocycles. The molecule has 1 aromatic heterocycles. The van der Waals surface area contributed by atoms with E-state index >= 15 is 0 Å². The fourth-order valence-corrected chi connectivity index (χ4v) is 4.73. The Morgan fingerprint density at radius 2 is 1.76 bits per heavy atom. The van der Waals surface area contributed by atoms with Gasteiger partial charge in [0.05, 0.1) is 13.3 Å². The maximum atomic E-state index is 13.4. The van der Waals surface area contributed by atoms with Crippen molar-refractivity contribution < 1.29 is 13.9 Å². The standard InChI is InChI=1S/C29H28Cl2FN7O2/c1-40-25-7-5-6-19(26(25)41-18-20-8-9-21(30)16-24(20)31)17-33-38-28-35-27(34-23-12-10-22(32)11-13-23)36-29(37-28)39-14-3-2-4-15-39/h5-13,16-17H,2-4,14-15,18H2,1H3,(H2,34,35,36,37,38)/b33-17+. The Balaban J connectivity index is 1.37. The van der Waals surface area contributed by atoms with Gasteiger partial charge >= 0.3 is 0 Å². The second kappa shape index (κ2) is 13.5. The zero-order valence-corrected chi connectivity index (χ0v) is 23.8. The van der Waals surface area contributed by atoms with Gasteiger partial charge in [-0.3, -0.25) is 0 Å². The highest BCUT2D eigenvalue weighted by atomic mass is 35.5. The minimum absolute atomic E-state index is 0.204. The number of hydrazone groups is 1. The summed E-state index contributed by atoms with van der Waals surface area (Å²) in [6, 6.07) is 16.7. The number of ether oxygens (including phenoxy) is 2. The molecule has 1 fully saturated rings. The van der Waals surface area contributed by atoms with Crippen LogP contribution in [0.5, 0.6) is 11.5 Å². The van der Waals surface area contributed by atoms with Gasteiger partial charge in [0.25, 0.3) is 0 Å². The predicted octanol–water partition coefficient (Wildman–Crippen LogP) is 7.09. The highest BCUT2D eigenvalue weighted by Gasteiger charge is 2.17. The summed E-state index contributed by atoms with van der Waals surface area (Å²) in [7, 11) is 1.57. The number of para-hydroxylation sites is 1. The second-order valence-corrected chi connectivity index (χ2v) is 10.1. The number of halogens is 3. The quantitative estimate of drug-likeness (QED) is 0.148. The number of aromatic nitrogens is 3. The van der Waals surface area contributed by atoms with E-state index in [0.29, 0.717) is 44.7 Å². The van der Waals surface area contributed by atoms with Crippen molar-refractivity contribution in [3.05, 3.63) is 87.7 Å². The third-order valence-electron chi connectivity index (χ3n) is 6.35. The summed E-state index contributed by atoms with van der Waals surface area (Å²) in [6.45, 7) is 1.91. The van der Waals surface area contributed by atoms with Crippen molar-refractivity contribution in [1.82, 2.24) is 15.0 Å². The molecule has 12 heteroatoms. The number of nitrogens with one attached hydrogen (secondary N) is 2. The summed E-state index contributed by atoms with van der Waals surface area (Å²) in [5.74, 6) is 1.81. The van der Waals surface area contributed by atoms with Crippen molar-refractivity contribution in [3.8, 4) is 11.5 Å². The minimum atomic E-state index is -0.325. The average Bonchev–Trinajstić information content (AvgIpc) is 2.98. The van der Waals surface area contributed by atoms with Crippen LogP contribution in [0.15, 0.2) is 65.8 Å². The molecule has 0 spiro atoms. The lowest BCUT2D eigenvalue weighted by Crippen LogP contribution is -2.31. The predicted molar refractivity (Wildman–Crippen MR) is 161 cm³/mol. The van der Waals surface area contributed by atoms with Gasteiger partial charge in [0.15, 0.2) is 11.5 Å². The number of rotatable bonds is 10. The minimum Gasteiger partial charge on any atom is -0.493 e. The molecule has 0 amide bonds. The molecule has 4 aromatic rings. The van der Waals surface area contributed by atoms with Crippen molar-refractivity contribution >= 4 is 52.9 Å². The van der Waals surface area contributed by atoms with Crippen LogP contribution in [0, 0.1) is 5.82 Å². The monoisotopic (exact) mass is 595 g/mol. The van der Waals surface area contributed by atoms with E-state index < -0.39 is 0 Å². The molecular formula is C29H28Cl2FN7O2. The Morgan fingerprint density at radius 3 is 2.51 bits per heavy atom. The lowest BCUT2D eigenvalue weighted by Gasteiger charge is -2.26. The first-order valence-electron chi connectivity index (χ1n) is 13.0. The SMILES string of the molecule is COc1cccc(/C=N/Nc2nc(Nc3ccc(F)cc3)nc(N3CCCCC3)n2)c1OCc1ccc(Cl)cc1Cl. The van der Waals surface area contributed by atoms with Crippen molar-refractivity contribution in [3.63, 3.8) is 0 Å². The third-order valence-corrected chi connectivity index (χ3v) is 6.93. The van der Waals surface area contributed by atoms with Crippen LogP contribution in [0.2, 0.25) is 10.0 Å². The Labute approximate surface area is 247 Å². The molecule has 0 aliphatic carbocycles. The summed E-state index contributed by atoms with van der Waals surface area (Å²) in [5, 5.41) is 8.55. The van der Waals surface area contributed by atoms with E-state index in [1.54, 1.807) is 43.7 Å². The second-order valence-electron chi connectivity index (χ2n) is 9.24. The number of anilines is 4. The van der Waals surface area contributed by atoms with Gasteiger partial charge in [0.2, 0.25) is 17.8 Å². The van der Waals surface area contributed by atoms with Crippen molar-refractivity contribution in [1.29, 1.82) is 0 Å². The van der Waals surface area contributed by atoms with Crippen LogP contribution >= 0.6 is 23.2 Å². The molecule has 3 aromatic carbocycles. The van der Waals surface area contributed by atoms with Gasteiger partial charge in [-0.05, 0) is 67.8 Å². The van der Waals surface area contributed by atoms with E-state index in [1.807, 2.05) is 18.2 Å². The number of hydrogen-bond donors (Lipinski definition) is 2. The van der Waals surface area contributed by atoms with Gasteiger partial charge in [-0.25, -0.2) is 9.82 Å². The largest absolute Gasteiger partial charge is 0.493 e. The molecule has 0 atom stereocenters. The molecule has 9 nitrogen and oxygen atoms in total. The van der Waals surface area contributed by atoms with Gasteiger partial charge in [-0.1, -0.05) is 35.3 Å². The van der Waals surface area contributed by atoms with Crippen LogP contribution in [-0.2, 0) is 6.61 Å². The molecule has 41 heavy (non-hydrogen) atoms. The molecule has 0 radical (unpaired) electrons. The number of piperidine rings is 1. The van der Waals surface area contributed by atoms with Crippen molar-refractivity contribution in [2.24, 2.45) is 5.10 Å². The zero-order chi connectivity index (χ0) is 28.6. The number of nitrogens with zero attached hydrogens (tertiary/aromatic N) is 5. The average molecular weight is 596 g/mol. The van der Waals surface area contributed by atoms with Crippen molar-refractivity contribution in [2.75, 3.05) is 35.8 Å². The Morgan fingerprint density at radius 1 is 0.976 bits per heavy atom. The highest BCUT2D eigenvalue weighted by Crippen LogP contribution is 2.32. The molecule has 2 heterocycles. The molecule has 0 unspecified atom stereocenters. The Bertz CT molecular complexity index is 1520. The summed E-state index contributed by atoms with van der Waals surface area (Å²) < 4.78 is 25.0. The van der Waals surface area contributed by atoms with Crippen LogP contribution in [0.4, 0.5) is 27.9 Å². The molecule has 2 N–H and O–H groups in total. The van der Waals surface area contributed by atoms with E-state index in [4.69, 9.17) is 32.7 Å². The van der Waals surface area contributed by atoms with Crippen LogP contribution < -0.4 is 25.1 Å². The summed E-state index contributed by atoms with van der Waals surface area (Å²) in [4.78, 5) is 15.8. The van der Waals surface area contributed by atoms with Gasteiger partial charge in [-0.2, -0.15) is 20.1 Å². The highest BCUT2D eigenvalue weighted by molar-refractivity contribution is 6.35. The Kier molecular flexibility index (Phi) is 9.33. The van der Waals surface area contributed by atoms with Crippen LogP contribution in [0.3, 0.4) is 0 Å². The lowest BCUT2D eigenvalue weighted by atomic mass is 10.1. The Hall–Kier alpha value is -4.15. The van der Waals surface area contributed by atoms with E-state index in [-0.39, 0.29) is 18.4 Å². The summed E-state index contributed by atoms with van der Waals surface area (Å²) in [5.41, 5.74) is 5.00. The number of methoxy groups -OCH3 is 1. The molecule has 1 saturated heterocycles. The van der Waals surface area contributed by atoms with Gasteiger partial charge in [0, 0.05) is 39.9 Å². The first-order valence-corrected chi connectivity index (χ1v) is 13.8. The van der Waals surface area contributed by atoms with Crippen LogP contribution in [0.25, 0.3) is 0 Å².